The zero-order valence-electron chi connectivity index (χ0n) is 14.5. The third-order valence-electron chi connectivity index (χ3n) is 4.42. The fourth-order valence-electron chi connectivity index (χ4n) is 3.04. The molecule has 0 fully saturated rings. The van der Waals surface area contributed by atoms with Crippen molar-refractivity contribution < 1.29 is 4.74 Å². The molecule has 0 saturated heterocycles. The molecule has 128 valence electrons. The van der Waals surface area contributed by atoms with Gasteiger partial charge < -0.3 is 4.74 Å². The molecule has 0 aliphatic heterocycles. The van der Waals surface area contributed by atoms with Crippen LogP contribution in [0.5, 0.6) is 5.75 Å². The summed E-state index contributed by atoms with van der Waals surface area (Å²) in [5.41, 5.74) is 4.78. The zero-order valence-corrected chi connectivity index (χ0v) is 15.3. The third-order valence-corrected chi connectivity index (χ3v) is 4.75. The normalized spacial score (nSPS) is 10.9. The van der Waals surface area contributed by atoms with Crippen LogP contribution in [0, 0.1) is 6.92 Å². The molecule has 4 heteroatoms. The molecule has 1 aromatic heterocycles. The first-order valence-corrected chi connectivity index (χ1v) is 8.72. The zero-order chi connectivity index (χ0) is 18.1. The minimum absolute atomic E-state index is 0.617. The van der Waals surface area contributed by atoms with Crippen molar-refractivity contribution in [1.29, 1.82) is 0 Å². The van der Waals surface area contributed by atoms with Crippen LogP contribution in [0.15, 0.2) is 66.7 Å². The number of ether oxygens (including phenoxy) is 1. The average molecular weight is 361 g/mol. The number of fused-ring (bicyclic) bond motifs is 1. The van der Waals surface area contributed by atoms with Crippen molar-refractivity contribution in [2.45, 2.75) is 6.92 Å². The van der Waals surface area contributed by atoms with E-state index >= 15 is 0 Å². The second kappa shape index (κ2) is 6.77. The van der Waals surface area contributed by atoms with Gasteiger partial charge in [0.2, 0.25) is 0 Å². The molecule has 3 nitrogen and oxygen atoms in total. The van der Waals surface area contributed by atoms with E-state index in [1.807, 2.05) is 54.6 Å². The first kappa shape index (κ1) is 16.6. The third kappa shape index (κ3) is 2.91. The van der Waals surface area contributed by atoms with Gasteiger partial charge in [0.05, 0.1) is 23.3 Å². The first-order valence-electron chi connectivity index (χ1n) is 8.34. The van der Waals surface area contributed by atoms with Crippen molar-refractivity contribution in [3.63, 3.8) is 0 Å². The van der Waals surface area contributed by atoms with E-state index in [2.05, 4.69) is 19.1 Å². The summed E-state index contributed by atoms with van der Waals surface area (Å²) < 4.78 is 5.40. The van der Waals surface area contributed by atoms with Crippen molar-refractivity contribution >= 4 is 22.5 Å². The summed E-state index contributed by atoms with van der Waals surface area (Å²) in [6.07, 6.45) is 0. The maximum atomic E-state index is 6.39. The van der Waals surface area contributed by atoms with Gasteiger partial charge in [0, 0.05) is 16.5 Å². The lowest BCUT2D eigenvalue weighted by molar-refractivity contribution is 0.415. The molecule has 0 bridgehead atoms. The number of nitrogens with zero attached hydrogens (tertiary/aromatic N) is 2. The predicted octanol–water partition coefficient (Wildman–Crippen LogP) is 5.93. The average Bonchev–Trinajstić information content (AvgIpc) is 2.67. The number of aryl methyl sites for hydroxylation is 1. The van der Waals surface area contributed by atoms with Gasteiger partial charge in [-0.1, -0.05) is 48.0 Å². The van der Waals surface area contributed by atoms with E-state index in [9.17, 15) is 0 Å². The Kier molecular flexibility index (Phi) is 4.31. The molecule has 0 aliphatic rings. The molecular formula is C22H17ClN2O. The number of halogens is 1. The number of rotatable bonds is 3. The van der Waals surface area contributed by atoms with Crippen LogP contribution in [-0.4, -0.2) is 17.1 Å². The Morgan fingerprint density at radius 1 is 0.846 bits per heavy atom. The van der Waals surface area contributed by atoms with Gasteiger partial charge in [-0.15, -0.1) is 0 Å². The summed E-state index contributed by atoms with van der Waals surface area (Å²) in [5, 5.41) is 1.59. The second-order valence-electron chi connectivity index (χ2n) is 6.07. The van der Waals surface area contributed by atoms with Crippen LogP contribution < -0.4 is 4.74 Å². The summed E-state index contributed by atoms with van der Waals surface area (Å²) >= 11 is 6.39. The Morgan fingerprint density at radius 2 is 1.58 bits per heavy atom. The van der Waals surface area contributed by atoms with E-state index in [1.165, 1.54) is 0 Å². The number of aromatic nitrogens is 2. The minimum atomic E-state index is 0.617. The number of hydrogen-bond acceptors (Lipinski definition) is 3. The molecule has 0 N–H and O–H groups in total. The molecule has 4 rings (SSSR count). The fourth-order valence-corrected chi connectivity index (χ4v) is 3.26. The highest BCUT2D eigenvalue weighted by Crippen LogP contribution is 2.34. The van der Waals surface area contributed by atoms with E-state index in [0.29, 0.717) is 10.8 Å². The minimum Gasteiger partial charge on any atom is -0.497 e. The molecule has 26 heavy (non-hydrogen) atoms. The van der Waals surface area contributed by atoms with Crippen LogP contribution in [-0.2, 0) is 0 Å². The van der Waals surface area contributed by atoms with Gasteiger partial charge in [-0.25, -0.2) is 9.97 Å². The summed E-state index contributed by atoms with van der Waals surface area (Å²) in [4.78, 5) is 9.63. The number of benzene rings is 3. The van der Waals surface area contributed by atoms with Crippen molar-refractivity contribution in [1.82, 2.24) is 9.97 Å². The Balaban J connectivity index is 2.06. The van der Waals surface area contributed by atoms with E-state index < -0.39 is 0 Å². The van der Waals surface area contributed by atoms with Gasteiger partial charge >= 0.3 is 0 Å². The number of hydrogen-bond donors (Lipinski definition) is 0. The molecular weight excluding hydrogens is 344 g/mol. The molecule has 0 spiro atoms. The highest BCUT2D eigenvalue weighted by atomic mass is 35.5. The molecule has 0 radical (unpaired) electrons. The monoisotopic (exact) mass is 360 g/mol. The van der Waals surface area contributed by atoms with Gasteiger partial charge in [-0.3, -0.25) is 0 Å². The van der Waals surface area contributed by atoms with Gasteiger partial charge in [0.15, 0.2) is 5.82 Å². The Morgan fingerprint density at radius 3 is 2.31 bits per heavy atom. The van der Waals surface area contributed by atoms with Crippen molar-refractivity contribution in [3.05, 3.63) is 77.3 Å². The molecule has 0 amide bonds. The Bertz CT molecular complexity index is 1110. The maximum absolute atomic E-state index is 6.39. The smallest absolute Gasteiger partial charge is 0.161 e. The Labute approximate surface area is 157 Å². The van der Waals surface area contributed by atoms with Crippen LogP contribution in [0.3, 0.4) is 0 Å². The fraction of sp³-hybridized carbons (Fsp3) is 0.0909. The summed E-state index contributed by atoms with van der Waals surface area (Å²) in [6, 6.07) is 21.7. The van der Waals surface area contributed by atoms with E-state index in [4.69, 9.17) is 26.3 Å². The lowest BCUT2D eigenvalue weighted by Crippen LogP contribution is -1.97. The summed E-state index contributed by atoms with van der Waals surface area (Å²) in [7, 11) is 1.66. The van der Waals surface area contributed by atoms with E-state index in [0.717, 1.165) is 39.0 Å². The Hall–Kier alpha value is -2.91. The van der Waals surface area contributed by atoms with Crippen LogP contribution in [0.25, 0.3) is 33.5 Å². The molecule has 3 aromatic carbocycles. The van der Waals surface area contributed by atoms with Crippen molar-refractivity contribution in [3.8, 4) is 28.4 Å². The largest absolute Gasteiger partial charge is 0.497 e. The second-order valence-corrected chi connectivity index (χ2v) is 6.48. The summed E-state index contributed by atoms with van der Waals surface area (Å²) in [5.74, 6) is 1.40. The van der Waals surface area contributed by atoms with Gasteiger partial charge in [-0.2, -0.15) is 0 Å². The van der Waals surface area contributed by atoms with E-state index in [1.54, 1.807) is 7.11 Å². The van der Waals surface area contributed by atoms with Crippen molar-refractivity contribution in [2.75, 3.05) is 7.11 Å². The van der Waals surface area contributed by atoms with Crippen LogP contribution in [0.1, 0.15) is 5.56 Å². The highest BCUT2D eigenvalue weighted by molar-refractivity contribution is 6.33. The lowest BCUT2D eigenvalue weighted by Gasteiger charge is -2.12. The van der Waals surface area contributed by atoms with Crippen LogP contribution in [0.2, 0.25) is 5.02 Å². The molecule has 0 saturated carbocycles. The van der Waals surface area contributed by atoms with Gasteiger partial charge in [0.25, 0.3) is 0 Å². The van der Waals surface area contributed by atoms with Crippen molar-refractivity contribution in [2.24, 2.45) is 0 Å². The maximum Gasteiger partial charge on any atom is 0.161 e. The first-order chi connectivity index (χ1) is 12.7. The van der Waals surface area contributed by atoms with Crippen LogP contribution >= 0.6 is 11.6 Å². The molecule has 4 aromatic rings. The van der Waals surface area contributed by atoms with Gasteiger partial charge in [-0.05, 0) is 42.8 Å². The SMILES string of the molecule is COc1ccc2nc(-c3ccccc3Cl)nc(-c3ccccc3C)c2c1. The molecule has 0 aliphatic carbocycles. The highest BCUT2D eigenvalue weighted by Gasteiger charge is 2.15. The van der Waals surface area contributed by atoms with E-state index in [-0.39, 0.29) is 0 Å². The molecule has 0 atom stereocenters. The molecule has 1 heterocycles. The number of methoxy groups -OCH3 is 1. The topological polar surface area (TPSA) is 35.0 Å². The molecule has 0 unspecified atom stereocenters. The quantitative estimate of drug-likeness (QED) is 0.454. The summed E-state index contributed by atoms with van der Waals surface area (Å²) in [6.45, 7) is 2.08. The standard InChI is InChI=1S/C22H17ClN2O/c1-14-7-3-4-8-16(14)21-18-13-15(26-2)11-12-20(18)24-22(25-21)17-9-5-6-10-19(17)23/h3-13H,1-2H3. The van der Waals surface area contributed by atoms with Crippen LogP contribution in [0.4, 0.5) is 0 Å². The predicted molar refractivity (Wildman–Crippen MR) is 107 cm³/mol. The lowest BCUT2D eigenvalue weighted by atomic mass is 10.0. The van der Waals surface area contributed by atoms with Gasteiger partial charge in [0.1, 0.15) is 5.75 Å².